The van der Waals surface area contributed by atoms with E-state index in [0.717, 1.165) is 12.8 Å². The van der Waals surface area contributed by atoms with E-state index in [1.165, 1.54) is 24.3 Å². The van der Waals surface area contributed by atoms with Crippen LogP contribution in [0.5, 0.6) is 0 Å². The molecule has 33 heavy (non-hydrogen) atoms. The molecule has 0 heterocycles. The highest BCUT2D eigenvalue weighted by molar-refractivity contribution is 6.26. The summed E-state index contributed by atoms with van der Waals surface area (Å²) in [4.78, 5) is 49.5. The lowest BCUT2D eigenvalue weighted by Crippen LogP contribution is -2.54. The third-order valence-electron chi connectivity index (χ3n) is 5.38. The average Bonchev–Trinajstić information content (AvgIpc) is 3.65. The van der Waals surface area contributed by atoms with Gasteiger partial charge in [0.15, 0.2) is 5.78 Å². The second kappa shape index (κ2) is 13.4. The number of amides is 3. The molecule has 0 radical (unpaired) electrons. The van der Waals surface area contributed by atoms with Gasteiger partial charge in [-0.2, -0.15) is 0 Å². The monoisotopic (exact) mass is 461 g/mol. The number of nitrogens with one attached hydrogen (secondary N) is 4. The number of rotatable bonds is 15. The van der Waals surface area contributed by atoms with E-state index in [-0.39, 0.29) is 31.2 Å². The van der Waals surface area contributed by atoms with Crippen LogP contribution >= 0.6 is 0 Å². The van der Waals surface area contributed by atoms with Crippen molar-refractivity contribution < 1.29 is 23.6 Å². The lowest BCUT2D eigenvalue weighted by molar-refractivity contribution is -0.132. The average molecular weight is 462 g/mol. The van der Waals surface area contributed by atoms with Crippen LogP contribution in [-0.4, -0.2) is 48.3 Å². The Hall–Kier alpha value is -3.14. The Morgan fingerprint density at radius 2 is 1.70 bits per heavy atom. The second-order valence-corrected chi connectivity index (χ2v) is 8.17. The molecule has 9 nitrogen and oxygen atoms in total. The zero-order valence-electron chi connectivity index (χ0n) is 18.6. The summed E-state index contributed by atoms with van der Waals surface area (Å²) in [6.45, 7) is 0.577. The maximum absolute atomic E-state index is 13.1. The molecule has 0 saturated heterocycles. The highest BCUT2D eigenvalue weighted by atomic mass is 19.1. The molecule has 3 amide bonds. The first-order chi connectivity index (χ1) is 15.8. The molecule has 2 atom stereocenters. The van der Waals surface area contributed by atoms with Crippen LogP contribution in [-0.2, 0) is 25.7 Å². The Morgan fingerprint density at radius 1 is 1.03 bits per heavy atom. The number of nitrogens with two attached hydrogens (primary N) is 1. The van der Waals surface area contributed by atoms with Crippen LogP contribution in [0.15, 0.2) is 24.3 Å². The summed E-state index contributed by atoms with van der Waals surface area (Å²) in [7, 11) is 0. The van der Waals surface area contributed by atoms with E-state index in [9.17, 15) is 23.6 Å². The maximum atomic E-state index is 13.1. The van der Waals surface area contributed by atoms with Gasteiger partial charge in [-0.3, -0.25) is 19.2 Å². The van der Waals surface area contributed by atoms with Gasteiger partial charge in [-0.05, 0) is 62.8 Å². The summed E-state index contributed by atoms with van der Waals surface area (Å²) >= 11 is 0. The number of halogens is 1. The van der Waals surface area contributed by atoms with Crippen molar-refractivity contribution in [3.8, 4) is 0 Å². The summed E-state index contributed by atoms with van der Waals surface area (Å²) in [6, 6.07) is 3.77. The Kier molecular flexibility index (Phi) is 10.6. The Bertz CT molecular complexity index is 842. The molecule has 2 rings (SSSR count). The van der Waals surface area contributed by atoms with Gasteiger partial charge in [0.1, 0.15) is 17.9 Å². The first-order valence-electron chi connectivity index (χ1n) is 11.2. The first kappa shape index (κ1) is 26.1. The number of benzene rings is 1. The standard InChI is InChI=1S/C23H32FN5O4/c24-17-8-4-15(5-9-17)14-27-22(32)20(11-10-18(30)13-26)29-23(33)19(3-1-2-12-25)28-21(31)16-6-7-16/h4-5,8-9,13,16,19-20,26H,1-3,6-7,10-12,14,25H2,(H,27,32)(H,28,31)(H,29,33)/t19-,20-/m0/s1. The molecule has 0 aromatic heterocycles. The van der Waals surface area contributed by atoms with E-state index in [0.29, 0.717) is 37.6 Å². The van der Waals surface area contributed by atoms with Gasteiger partial charge in [0.2, 0.25) is 17.7 Å². The van der Waals surface area contributed by atoms with Gasteiger partial charge in [-0.25, -0.2) is 4.39 Å². The summed E-state index contributed by atoms with van der Waals surface area (Å²) in [6.07, 6.45) is 3.87. The van der Waals surface area contributed by atoms with Crippen molar-refractivity contribution in [1.82, 2.24) is 16.0 Å². The van der Waals surface area contributed by atoms with E-state index in [1.807, 2.05) is 0 Å². The Balaban J connectivity index is 2.03. The molecule has 1 aromatic rings. The Labute approximate surface area is 192 Å². The third kappa shape index (κ3) is 9.48. The van der Waals surface area contributed by atoms with Crippen LogP contribution in [0.1, 0.15) is 50.5 Å². The molecule has 0 aliphatic heterocycles. The van der Waals surface area contributed by atoms with Crippen LogP contribution in [0.2, 0.25) is 0 Å². The van der Waals surface area contributed by atoms with E-state index in [1.54, 1.807) is 0 Å². The highest BCUT2D eigenvalue weighted by Gasteiger charge is 2.33. The SMILES string of the molecule is N=CC(=O)CC[C@H](NC(=O)[C@H](CCCCN)NC(=O)C1CC1)C(=O)NCc1ccc(F)cc1. The van der Waals surface area contributed by atoms with E-state index in [4.69, 9.17) is 11.1 Å². The minimum absolute atomic E-state index is 0.00129. The molecule has 1 saturated carbocycles. The highest BCUT2D eigenvalue weighted by Crippen LogP contribution is 2.29. The molecule has 0 bridgehead atoms. The van der Waals surface area contributed by atoms with E-state index >= 15 is 0 Å². The van der Waals surface area contributed by atoms with Crippen molar-refractivity contribution in [3.63, 3.8) is 0 Å². The van der Waals surface area contributed by atoms with Crippen molar-refractivity contribution in [1.29, 1.82) is 5.41 Å². The molecule has 0 spiro atoms. The van der Waals surface area contributed by atoms with Gasteiger partial charge >= 0.3 is 0 Å². The number of hydrogen-bond donors (Lipinski definition) is 5. The van der Waals surface area contributed by atoms with Crippen molar-refractivity contribution in [2.24, 2.45) is 11.7 Å². The third-order valence-corrected chi connectivity index (χ3v) is 5.38. The number of Topliss-reactive ketones (excluding diaryl/α,β-unsaturated/α-hetero) is 1. The lowest BCUT2D eigenvalue weighted by atomic mass is 10.0. The van der Waals surface area contributed by atoms with Crippen LogP contribution in [0.3, 0.4) is 0 Å². The van der Waals surface area contributed by atoms with Crippen LogP contribution in [0.4, 0.5) is 4.39 Å². The number of ketones is 1. The van der Waals surface area contributed by atoms with Crippen molar-refractivity contribution in [2.75, 3.05) is 6.54 Å². The predicted molar refractivity (Wildman–Crippen MR) is 121 cm³/mol. The first-order valence-corrected chi connectivity index (χ1v) is 11.2. The summed E-state index contributed by atoms with van der Waals surface area (Å²) < 4.78 is 13.1. The fourth-order valence-corrected chi connectivity index (χ4v) is 3.21. The fraction of sp³-hybridized carbons (Fsp3) is 0.522. The van der Waals surface area contributed by atoms with Crippen molar-refractivity contribution in [2.45, 2.75) is 63.6 Å². The van der Waals surface area contributed by atoms with Gasteiger partial charge in [-0.15, -0.1) is 0 Å². The number of hydrogen-bond acceptors (Lipinski definition) is 6. The lowest BCUT2D eigenvalue weighted by Gasteiger charge is -2.23. The van der Waals surface area contributed by atoms with Crippen molar-refractivity contribution >= 4 is 29.7 Å². The van der Waals surface area contributed by atoms with Crippen LogP contribution in [0, 0.1) is 17.1 Å². The quantitative estimate of drug-likeness (QED) is 0.194. The van der Waals surface area contributed by atoms with Gasteiger partial charge in [0.05, 0.1) is 6.21 Å². The molecule has 1 aliphatic rings. The largest absolute Gasteiger partial charge is 0.350 e. The van der Waals surface area contributed by atoms with Crippen molar-refractivity contribution in [3.05, 3.63) is 35.6 Å². The molecule has 1 fully saturated rings. The topological polar surface area (TPSA) is 154 Å². The fourth-order valence-electron chi connectivity index (χ4n) is 3.21. The number of carbonyl (C=O) groups is 4. The summed E-state index contributed by atoms with van der Waals surface area (Å²) in [5.41, 5.74) is 6.20. The summed E-state index contributed by atoms with van der Waals surface area (Å²) in [5.74, 6) is -2.14. The van der Waals surface area contributed by atoms with E-state index < -0.39 is 35.5 Å². The number of unbranched alkanes of at least 4 members (excludes halogenated alkanes) is 1. The predicted octanol–water partition coefficient (Wildman–Crippen LogP) is 0.949. The van der Waals surface area contributed by atoms with Gasteiger partial charge in [-0.1, -0.05) is 12.1 Å². The molecule has 6 N–H and O–H groups in total. The van der Waals surface area contributed by atoms with Gasteiger partial charge < -0.3 is 27.1 Å². The normalized spacial score (nSPS) is 14.6. The number of carbonyl (C=O) groups excluding carboxylic acids is 4. The second-order valence-electron chi connectivity index (χ2n) is 8.17. The van der Waals surface area contributed by atoms with Crippen LogP contribution in [0.25, 0.3) is 0 Å². The minimum Gasteiger partial charge on any atom is -0.350 e. The molecular formula is C23H32FN5O4. The van der Waals surface area contributed by atoms with Crippen LogP contribution < -0.4 is 21.7 Å². The molecule has 10 heteroatoms. The zero-order chi connectivity index (χ0) is 24.2. The zero-order valence-corrected chi connectivity index (χ0v) is 18.6. The smallest absolute Gasteiger partial charge is 0.243 e. The molecule has 1 aliphatic carbocycles. The molecule has 0 unspecified atom stereocenters. The van der Waals surface area contributed by atoms with E-state index in [2.05, 4.69) is 16.0 Å². The molecule has 180 valence electrons. The minimum atomic E-state index is -1.03. The molecular weight excluding hydrogens is 429 g/mol. The van der Waals surface area contributed by atoms with Gasteiger partial charge in [0, 0.05) is 18.9 Å². The molecule has 1 aromatic carbocycles. The summed E-state index contributed by atoms with van der Waals surface area (Å²) in [5, 5.41) is 15.1. The Morgan fingerprint density at radius 3 is 2.30 bits per heavy atom. The van der Waals surface area contributed by atoms with Gasteiger partial charge in [0.25, 0.3) is 0 Å². The maximum Gasteiger partial charge on any atom is 0.243 e.